The number of piperazine rings is 1. The van der Waals surface area contributed by atoms with E-state index in [1.165, 1.54) is 0 Å². The van der Waals surface area contributed by atoms with Crippen molar-refractivity contribution >= 4 is 17.5 Å². The molecule has 19 heavy (non-hydrogen) atoms. The SMILES string of the molecule is Cc1ccc(NC(=O)[C@H](C)N2CCNC(=O)C2)cc1. The molecule has 0 unspecified atom stereocenters. The third-order valence-electron chi connectivity index (χ3n) is 3.31. The number of nitrogens with zero attached hydrogens (tertiary/aromatic N) is 1. The van der Waals surface area contributed by atoms with Gasteiger partial charge in [-0.2, -0.15) is 0 Å². The standard InChI is InChI=1S/C14H19N3O2/c1-10-3-5-12(6-4-10)16-14(19)11(2)17-8-7-15-13(18)9-17/h3-6,11H,7-9H2,1-2H3,(H,15,18)(H,16,19)/t11-/m0/s1. The topological polar surface area (TPSA) is 61.4 Å². The molecule has 1 fully saturated rings. The van der Waals surface area contributed by atoms with Gasteiger partial charge in [-0.15, -0.1) is 0 Å². The van der Waals surface area contributed by atoms with Gasteiger partial charge in [-0.25, -0.2) is 0 Å². The molecule has 0 radical (unpaired) electrons. The molecule has 5 nitrogen and oxygen atoms in total. The molecular weight excluding hydrogens is 242 g/mol. The summed E-state index contributed by atoms with van der Waals surface area (Å²) in [5.74, 6) is -0.111. The van der Waals surface area contributed by atoms with E-state index in [4.69, 9.17) is 0 Å². The molecular formula is C14H19N3O2. The first-order valence-electron chi connectivity index (χ1n) is 6.44. The Hall–Kier alpha value is -1.88. The summed E-state index contributed by atoms with van der Waals surface area (Å²) in [7, 11) is 0. The molecule has 0 spiro atoms. The first-order valence-corrected chi connectivity index (χ1v) is 6.44. The minimum Gasteiger partial charge on any atom is -0.354 e. The lowest BCUT2D eigenvalue weighted by Gasteiger charge is -2.31. The number of carbonyl (C=O) groups is 2. The first-order chi connectivity index (χ1) is 9.06. The molecule has 0 bridgehead atoms. The number of nitrogens with one attached hydrogen (secondary N) is 2. The average molecular weight is 261 g/mol. The quantitative estimate of drug-likeness (QED) is 0.844. The number of rotatable bonds is 3. The zero-order valence-corrected chi connectivity index (χ0v) is 11.3. The van der Waals surface area contributed by atoms with Gasteiger partial charge in [-0.3, -0.25) is 14.5 Å². The predicted octanol–water partition coefficient (Wildman–Crippen LogP) is 0.754. The Labute approximate surface area is 113 Å². The van der Waals surface area contributed by atoms with Gasteiger partial charge in [-0.05, 0) is 26.0 Å². The van der Waals surface area contributed by atoms with Crippen molar-refractivity contribution in [1.29, 1.82) is 0 Å². The van der Waals surface area contributed by atoms with Crippen LogP contribution in [0.15, 0.2) is 24.3 Å². The third kappa shape index (κ3) is 3.54. The first kappa shape index (κ1) is 13.5. The highest BCUT2D eigenvalue weighted by atomic mass is 16.2. The second-order valence-electron chi connectivity index (χ2n) is 4.85. The van der Waals surface area contributed by atoms with Gasteiger partial charge in [-0.1, -0.05) is 17.7 Å². The van der Waals surface area contributed by atoms with Crippen molar-refractivity contribution in [1.82, 2.24) is 10.2 Å². The third-order valence-corrected chi connectivity index (χ3v) is 3.31. The van der Waals surface area contributed by atoms with Crippen molar-refractivity contribution < 1.29 is 9.59 Å². The van der Waals surface area contributed by atoms with Crippen LogP contribution in [-0.4, -0.2) is 42.4 Å². The smallest absolute Gasteiger partial charge is 0.241 e. The molecule has 1 aromatic carbocycles. The minimum atomic E-state index is -0.313. The van der Waals surface area contributed by atoms with E-state index in [9.17, 15) is 9.59 Å². The van der Waals surface area contributed by atoms with Crippen LogP contribution in [0, 0.1) is 6.92 Å². The minimum absolute atomic E-state index is 0.0266. The Kier molecular flexibility index (Phi) is 4.16. The molecule has 5 heteroatoms. The monoisotopic (exact) mass is 261 g/mol. The number of benzene rings is 1. The predicted molar refractivity (Wildman–Crippen MR) is 73.9 cm³/mol. The van der Waals surface area contributed by atoms with Crippen molar-refractivity contribution in [2.45, 2.75) is 19.9 Å². The second-order valence-corrected chi connectivity index (χ2v) is 4.85. The molecule has 102 valence electrons. The Bertz CT molecular complexity index is 470. The number of amides is 2. The van der Waals surface area contributed by atoms with Gasteiger partial charge in [0.25, 0.3) is 0 Å². The van der Waals surface area contributed by atoms with Crippen LogP contribution in [0.4, 0.5) is 5.69 Å². The molecule has 0 aliphatic carbocycles. The lowest BCUT2D eigenvalue weighted by molar-refractivity contribution is -0.127. The van der Waals surface area contributed by atoms with E-state index >= 15 is 0 Å². The van der Waals surface area contributed by atoms with Crippen LogP contribution in [0.25, 0.3) is 0 Å². The van der Waals surface area contributed by atoms with Crippen LogP contribution in [-0.2, 0) is 9.59 Å². The van der Waals surface area contributed by atoms with Crippen molar-refractivity contribution in [3.63, 3.8) is 0 Å². The Morgan fingerprint density at radius 2 is 2.05 bits per heavy atom. The molecule has 1 saturated heterocycles. The molecule has 1 aromatic rings. The highest BCUT2D eigenvalue weighted by Gasteiger charge is 2.25. The second kappa shape index (κ2) is 5.84. The molecule has 1 heterocycles. The molecule has 2 N–H and O–H groups in total. The molecule has 0 saturated carbocycles. The summed E-state index contributed by atoms with van der Waals surface area (Å²) in [5.41, 5.74) is 1.93. The summed E-state index contributed by atoms with van der Waals surface area (Å²) in [6.45, 7) is 5.40. The average Bonchev–Trinajstić information content (AvgIpc) is 2.40. The van der Waals surface area contributed by atoms with E-state index in [0.717, 1.165) is 11.3 Å². The molecule has 2 rings (SSSR count). The zero-order chi connectivity index (χ0) is 13.8. The van der Waals surface area contributed by atoms with E-state index in [0.29, 0.717) is 13.1 Å². The number of hydrogen-bond acceptors (Lipinski definition) is 3. The van der Waals surface area contributed by atoms with Crippen LogP contribution in [0.3, 0.4) is 0 Å². The molecule has 1 aliphatic heterocycles. The maximum atomic E-state index is 12.1. The number of hydrogen-bond donors (Lipinski definition) is 2. The summed E-state index contributed by atoms with van der Waals surface area (Å²) >= 11 is 0. The Morgan fingerprint density at radius 3 is 2.68 bits per heavy atom. The maximum absolute atomic E-state index is 12.1. The van der Waals surface area contributed by atoms with Gasteiger partial charge in [0.05, 0.1) is 12.6 Å². The largest absolute Gasteiger partial charge is 0.354 e. The fourth-order valence-corrected chi connectivity index (χ4v) is 2.04. The lowest BCUT2D eigenvalue weighted by atomic mass is 10.2. The van der Waals surface area contributed by atoms with Crippen LogP contribution in [0.5, 0.6) is 0 Å². The fourth-order valence-electron chi connectivity index (χ4n) is 2.04. The summed E-state index contributed by atoms with van der Waals surface area (Å²) < 4.78 is 0. The number of carbonyl (C=O) groups excluding carboxylic acids is 2. The van der Waals surface area contributed by atoms with Gasteiger partial charge >= 0.3 is 0 Å². The van der Waals surface area contributed by atoms with E-state index in [-0.39, 0.29) is 24.4 Å². The fraction of sp³-hybridized carbons (Fsp3) is 0.429. The van der Waals surface area contributed by atoms with E-state index in [2.05, 4.69) is 10.6 Å². The maximum Gasteiger partial charge on any atom is 0.241 e. The van der Waals surface area contributed by atoms with Crippen molar-refractivity contribution in [3.8, 4) is 0 Å². The van der Waals surface area contributed by atoms with Gasteiger partial charge in [0, 0.05) is 18.8 Å². The van der Waals surface area contributed by atoms with Gasteiger partial charge in [0.1, 0.15) is 0 Å². The van der Waals surface area contributed by atoms with Crippen LogP contribution >= 0.6 is 0 Å². The summed E-state index contributed by atoms with van der Waals surface area (Å²) in [5, 5.41) is 5.62. The van der Waals surface area contributed by atoms with Crippen molar-refractivity contribution in [2.75, 3.05) is 25.0 Å². The molecule has 1 atom stereocenters. The van der Waals surface area contributed by atoms with Crippen molar-refractivity contribution in [2.24, 2.45) is 0 Å². The van der Waals surface area contributed by atoms with Crippen LogP contribution < -0.4 is 10.6 Å². The van der Waals surface area contributed by atoms with Crippen molar-refractivity contribution in [3.05, 3.63) is 29.8 Å². The van der Waals surface area contributed by atoms with E-state index < -0.39 is 0 Å². The molecule has 1 aliphatic rings. The normalized spacial score (nSPS) is 17.7. The lowest BCUT2D eigenvalue weighted by Crippen LogP contribution is -2.53. The summed E-state index contributed by atoms with van der Waals surface area (Å²) in [6.07, 6.45) is 0. The highest BCUT2D eigenvalue weighted by molar-refractivity contribution is 5.95. The van der Waals surface area contributed by atoms with Crippen LogP contribution in [0.2, 0.25) is 0 Å². The van der Waals surface area contributed by atoms with E-state index in [1.807, 2.05) is 43.0 Å². The Balaban J connectivity index is 1.95. The molecule has 0 aromatic heterocycles. The van der Waals surface area contributed by atoms with Gasteiger partial charge < -0.3 is 10.6 Å². The zero-order valence-electron chi connectivity index (χ0n) is 11.3. The highest BCUT2D eigenvalue weighted by Crippen LogP contribution is 2.10. The summed E-state index contributed by atoms with van der Waals surface area (Å²) in [6, 6.07) is 7.35. The number of anilines is 1. The number of aryl methyl sites for hydroxylation is 1. The van der Waals surface area contributed by atoms with Gasteiger partial charge in [0.2, 0.25) is 11.8 Å². The summed E-state index contributed by atoms with van der Waals surface area (Å²) in [4.78, 5) is 25.3. The molecule has 2 amide bonds. The Morgan fingerprint density at radius 1 is 1.37 bits per heavy atom. The van der Waals surface area contributed by atoms with Crippen LogP contribution in [0.1, 0.15) is 12.5 Å². The van der Waals surface area contributed by atoms with Gasteiger partial charge in [0.15, 0.2) is 0 Å². The van der Waals surface area contributed by atoms with E-state index in [1.54, 1.807) is 0 Å².